The Morgan fingerprint density at radius 1 is 1.35 bits per heavy atom. The first-order valence-corrected chi connectivity index (χ1v) is 8.14. The number of carbonyl (C=O) groups is 1. The van der Waals surface area contributed by atoms with E-state index in [9.17, 15) is 4.79 Å². The van der Waals surface area contributed by atoms with Gasteiger partial charge in [-0.1, -0.05) is 19.8 Å². The van der Waals surface area contributed by atoms with Gasteiger partial charge in [-0.15, -0.1) is 0 Å². The highest BCUT2D eigenvalue weighted by Crippen LogP contribution is 2.31. The van der Waals surface area contributed by atoms with Crippen LogP contribution in [0.4, 0.5) is 0 Å². The molecule has 3 fully saturated rings. The number of hydrogen-bond donors (Lipinski definition) is 1. The van der Waals surface area contributed by atoms with E-state index < -0.39 is 0 Å². The number of amides is 1. The monoisotopic (exact) mass is 281 g/mol. The number of rotatable bonds is 4. The first-order chi connectivity index (χ1) is 9.78. The predicted molar refractivity (Wildman–Crippen MR) is 77.3 cm³/mol. The van der Waals surface area contributed by atoms with Gasteiger partial charge in [0.15, 0.2) is 0 Å². The van der Waals surface area contributed by atoms with Gasteiger partial charge >= 0.3 is 0 Å². The van der Waals surface area contributed by atoms with E-state index in [1.807, 2.05) is 0 Å². The summed E-state index contributed by atoms with van der Waals surface area (Å²) in [5.74, 6) is 0.895. The molecule has 2 unspecified atom stereocenters. The minimum absolute atomic E-state index is 0.177. The minimum Gasteiger partial charge on any atom is -0.374 e. The SMILES string of the molecule is CCN1CCOC(CN2C(=O)CNC2C2CCCC2)C1. The van der Waals surface area contributed by atoms with Crippen molar-refractivity contribution in [2.75, 3.05) is 39.3 Å². The molecule has 1 saturated carbocycles. The number of nitrogens with zero attached hydrogens (tertiary/aromatic N) is 2. The van der Waals surface area contributed by atoms with Crippen molar-refractivity contribution in [2.24, 2.45) is 5.92 Å². The van der Waals surface area contributed by atoms with Crippen LogP contribution in [0.5, 0.6) is 0 Å². The number of hydrogen-bond acceptors (Lipinski definition) is 4. The van der Waals surface area contributed by atoms with Crippen molar-refractivity contribution >= 4 is 5.91 Å². The topological polar surface area (TPSA) is 44.8 Å². The van der Waals surface area contributed by atoms with Crippen LogP contribution in [0.25, 0.3) is 0 Å². The third-order valence-electron chi connectivity index (χ3n) is 5.04. The Hall–Kier alpha value is -0.650. The summed E-state index contributed by atoms with van der Waals surface area (Å²) in [7, 11) is 0. The molecule has 2 saturated heterocycles. The van der Waals surface area contributed by atoms with E-state index in [2.05, 4.69) is 22.0 Å². The maximum Gasteiger partial charge on any atom is 0.237 e. The van der Waals surface area contributed by atoms with Crippen LogP contribution in [-0.4, -0.2) is 67.3 Å². The van der Waals surface area contributed by atoms with Crippen molar-refractivity contribution in [1.29, 1.82) is 0 Å². The largest absolute Gasteiger partial charge is 0.374 e. The molecule has 0 radical (unpaired) electrons. The van der Waals surface area contributed by atoms with E-state index in [0.29, 0.717) is 12.5 Å². The zero-order valence-corrected chi connectivity index (χ0v) is 12.5. The molecular weight excluding hydrogens is 254 g/mol. The van der Waals surface area contributed by atoms with Crippen LogP contribution in [0.15, 0.2) is 0 Å². The van der Waals surface area contributed by atoms with Crippen LogP contribution in [0.2, 0.25) is 0 Å². The van der Waals surface area contributed by atoms with E-state index in [0.717, 1.165) is 32.8 Å². The Bertz CT molecular complexity index is 344. The highest BCUT2D eigenvalue weighted by Gasteiger charge is 2.38. The molecule has 2 aliphatic heterocycles. The van der Waals surface area contributed by atoms with Crippen molar-refractivity contribution in [3.63, 3.8) is 0 Å². The van der Waals surface area contributed by atoms with E-state index in [4.69, 9.17) is 4.74 Å². The maximum absolute atomic E-state index is 12.2. The molecule has 1 amide bonds. The summed E-state index contributed by atoms with van der Waals surface area (Å²) in [5.41, 5.74) is 0. The summed E-state index contributed by atoms with van der Waals surface area (Å²) in [6, 6.07) is 0. The Morgan fingerprint density at radius 2 is 2.15 bits per heavy atom. The fourth-order valence-corrected chi connectivity index (χ4v) is 3.87. The summed E-state index contributed by atoms with van der Waals surface area (Å²) >= 11 is 0. The molecule has 114 valence electrons. The van der Waals surface area contributed by atoms with Gasteiger partial charge in [0.25, 0.3) is 0 Å². The Labute approximate surface area is 121 Å². The number of nitrogens with one attached hydrogen (secondary N) is 1. The standard InChI is InChI=1S/C15H27N3O2/c1-2-17-7-8-20-13(10-17)11-18-14(19)9-16-15(18)12-5-3-4-6-12/h12-13,15-16H,2-11H2,1H3. The molecule has 0 aromatic carbocycles. The zero-order valence-electron chi connectivity index (χ0n) is 12.5. The normalized spacial score (nSPS) is 33.2. The summed E-state index contributed by atoms with van der Waals surface area (Å²) in [6.45, 7) is 7.28. The zero-order chi connectivity index (χ0) is 13.9. The van der Waals surface area contributed by atoms with E-state index >= 15 is 0 Å². The molecule has 5 heteroatoms. The Morgan fingerprint density at radius 3 is 2.90 bits per heavy atom. The van der Waals surface area contributed by atoms with Crippen LogP contribution in [0.3, 0.4) is 0 Å². The number of carbonyl (C=O) groups excluding carboxylic acids is 1. The van der Waals surface area contributed by atoms with E-state index in [1.165, 1.54) is 25.7 Å². The lowest BCUT2D eigenvalue weighted by Crippen LogP contribution is -2.51. The van der Waals surface area contributed by atoms with Crippen LogP contribution in [-0.2, 0) is 9.53 Å². The first-order valence-electron chi connectivity index (χ1n) is 8.14. The van der Waals surface area contributed by atoms with Gasteiger partial charge in [-0.05, 0) is 25.3 Å². The molecule has 0 bridgehead atoms. The molecule has 1 aliphatic carbocycles. The minimum atomic E-state index is 0.177. The van der Waals surface area contributed by atoms with Crippen LogP contribution in [0, 0.1) is 5.92 Å². The summed E-state index contributed by atoms with van der Waals surface area (Å²) < 4.78 is 5.87. The molecule has 3 aliphatic rings. The van der Waals surface area contributed by atoms with Crippen LogP contribution >= 0.6 is 0 Å². The van der Waals surface area contributed by atoms with Gasteiger partial charge in [0, 0.05) is 19.6 Å². The Balaban J connectivity index is 1.60. The highest BCUT2D eigenvalue weighted by molar-refractivity contribution is 5.80. The predicted octanol–water partition coefficient (Wildman–Crippen LogP) is 0.655. The molecule has 0 aromatic rings. The second-order valence-electron chi connectivity index (χ2n) is 6.30. The van der Waals surface area contributed by atoms with E-state index in [-0.39, 0.29) is 18.2 Å². The molecule has 3 rings (SSSR count). The second-order valence-corrected chi connectivity index (χ2v) is 6.30. The average molecular weight is 281 g/mol. The van der Waals surface area contributed by atoms with Gasteiger partial charge in [-0.2, -0.15) is 0 Å². The van der Waals surface area contributed by atoms with E-state index in [1.54, 1.807) is 0 Å². The van der Waals surface area contributed by atoms with Crippen molar-refractivity contribution in [2.45, 2.75) is 44.9 Å². The lowest BCUT2D eigenvalue weighted by Gasteiger charge is -2.36. The maximum atomic E-state index is 12.2. The third kappa shape index (κ3) is 3.00. The van der Waals surface area contributed by atoms with Gasteiger partial charge in [0.1, 0.15) is 0 Å². The van der Waals surface area contributed by atoms with Crippen molar-refractivity contribution < 1.29 is 9.53 Å². The molecule has 0 spiro atoms. The molecule has 20 heavy (non-hydrogen) atoms. The molecule has 5 nitrogen and oxygen atoms in total. The molecule has 2 atom stereocenters. The van der Waals surface area contributed by atoms with Crippen molar-refractivity contribution in [3.05, 3.63) is 0 Å². The van der Waals surface area contributed by atoms with Crippen LogP contribution in [0.1, 0.15) is 32.6 Å². The van der Waals surface area contributed by atoms with Gasteiger partial charge in [0.2, 0.25) is 5.91 Å². The van der Waals surface area contributed by atoms with Crippen molar-refractivity contribution in [1.82, 2.24) is 15.1 Å². The third-order valence-corrected chi connectivity index (χ3v) is 5.04. The summed E-state index contributed by atoms with van der Waals surface area (Å²) in [4.78, 5) is 16.6. The Kier molecular flexibility index (Phi) is 4.58. The molecular formula is C15H27N3O2. The highest BCUT2D eigenvalue weighted by atomic mass is 16.5. The average Bonchev–Trinajstić information content (AvgIpc) is 3.10. The van der Waals surface area contributed by atoms with Gasteiger partial charge in [0.05, 0.1) is 25.4 Å². The fourth-order valence-electron chi connectivity index (χ4n) is 3.87. The number of ether oxygens (including phenoxy) is 1. The second kappa shape index (κ2) is 6.41. The first kappa shape index (κ1) is 14.3. The van der Waals surface area contributed by atoms with Gasteiger partial charge < -0.3 is 9.64 Å². The van der Waals surface area contributed by atoms with Gasteiger partial charge in [-0.3, -0.25) is 15.0 Å². The number of likely N-dealkylation sites (N-methyl/N-ethyl adjacent to an activating group) is 1. The molecule has 2 heterocycles. The lowest BCUT2D eigenvalue weighted by molar-refractivity contribution is -0.132. The summed E-state index contributed by atoms with van der Waals surface area (Å²) in [5, 5.41) is 3.42. The molecule has 1 N–H and O–H groups in total. The summed E-state index contributed by atoms with van der Waals surface area (Å²) in [6.07, 6.45) is 5.58. The van der Waals surface area contributed by atoms with Crippen molar-refractivity contribution in [3.8, 4) is 0 Å². The van der Waals surface area contributed by atoms with Gasteiger partial charge in [-0.25, -0.2) is 0 Å². The smallest absolute Gasteiger partial charge is 0.237 e. The fraction of sp³-hybridized carbons (Fsp3) is 0.933. The number of morpholine rings is 1. The lowest BCUT2D eigenvalue weighted by atomic mass is 10.0. The molecule has 0 aromatic heterocycles. The quantitative estimate of drug-likeness (QED) is 0.822. The van der Waals surface area contributed by atoms with Crippen LogP contribution < -0.4 is 5.32 Å².